The standard InChI is InChI=1S/C24H25NO6/c1-4-8-18-13-21(26)30-19-11-15(2)12-20(22(18)19)31-23(27)16(3)25-24(28)29-14-17-9-6-5-7-10-17/h5-7,9-13,16H,4,8,14H2,1-3H3,(H,25,28). The van der Waals surface area contributed by atoms with Gasteiger partial charge in [0.15, 0.2) is 0 Å². The molecule has 3 aromatic rings. The molecule has 1 heterocycles. The van der Waals surface area contributed by atoms with E-state index in [-0.39, 0.29) is 6.61 Å². The van der Waals surface area contributed by atoms with E-state index >= 15 is 0 Å². The van der Waals surface area contributed by atoms with Gasteiger partial charge in [-0.3, -0.25) is 0 Å². The molecule has 31 heavy (non-hydrogen) atoms. The second-order valence-corrected chi connectivity index (χ2v) is 7.33. The number of alkyl carbamates (subject to hydrolysis) is 1. The second-order valence-electron chi connectivity index (χ2n) is 7.33. The average molecular weight is 423 g/mol. The van der Waals surface area contributed by atoms with E-state index in [1.54, 1.807) is 12.1 Å². The number of amides is 1. The van der Waals surface area contributed by atoms with Crippen molar-refractivity contribution in [1.29, 1.82) is 0 Å². The quantitative estimate of drug-likeness (QED) is 0.346. The molecule has 1 aromatic heterocycles. The molecule has 0 radical (unpaired) electrons. The molecule has 1 unspecified atom stereocenters. The molecule has 3 rings (SSSR count). The number of hydrogen-bond donors (Lipinski definition) is 1. The van der Waals surface area contributed by atoms with E-state index in [1.165, 1.54) is 13.0 Å². The van der Waals surface area contributed by atoms with E-state index in [2.05, 4.69) is 5.32 Å². The van der Waals surface area contributed by atoms with Gasteiger partial charge in [-0.05, 0) is 49.1 Å². The third kappa shape index (κ3) is 5.72. The lowest BCUT2D eigenvalue weighted by atomic mass is 10.0. The van der Waals surface area contributed by atoms with Crippen molar-refractivity contribution in [2.75, 3.05) is 0 Å². The summed E-state index contributed by atoms with van der Waals surface area (Å²) in [5.74, 6) is -0.365. The van der Waals surface area contributed by atoms with Crippen LogP contribution in [0.4, 0.5) is 4.79 Å². The fourth-order valence-corrected chi connectivity index (χ4v) is 3.21. The molecule has 0 fully saturated rings. The van der Waals surface area contributed by atoms with Crippen molar-refractivity contribution >= 4 is 23.0 Å². The maximum atomic E-state index is 12.6. The van der Waals surface area contributed by atoms with Gasteiger partial charge in [0.25, 0.3) is 0 Å². The molecule has 1 N–H and O–H groups in total. The molecule has 0 aliphatic rings. The SMILES string of the molecule is CCCc1cc(=O)oc2cc(C)cc(OC(=O)C(C)NC(=O)OCc3ccccc3)c12. The predicted molar refractivity (Wildman–Crippen MR) is 116 cm³/mol. The van der Waals surface area contributed by atoms with Crippen molar-refractivity contribution in [3.05, 3.63) is 75.6 Å². The monoisotopic (exact) mass is 423 g/mol. The van der Waals surface area contributed by atoms with E-state index in [0.717, 1.165) is 23.1 Å². The van der Waals surface area contributed by atoms with Gasteiger partial charge in [0, 0.05) is 6.07 Å². The minimum atomic E-state index is -0.941. The zero-order valence-corrected chi connectivity index (χ0v) is 17.8. The molecule has 162 valence electrons. The summed E-state index contributed by atoms with van der Waals surface area (Å²) in [6.45, 7) is 5.41. The van der Waals surface area contributed by atoms with Gasteiger partial charge in [0.1, 0.15) is 24.0 Å². The van der Waals surface area contributed by atoms with E-state index in [1.807, 2.05) is 44.2 Å². The van der Waals surface area contributed by atoms with Gasteiger partial charge in [0.2, 0.25) is 0 Å². The van der Waals surface area contributed by atoms with E-state index in [9.17, 15) is 14.4 Å². The van der Waals surface area contributed by atoms with E-state index < -0.39 is 23.7 Å². The van der Waals surface area contributed by atoms with Gasteiger partial charge in [-0.2, -0.15) is 0 Å². The number of ether oxygens (including phenoxy) is 2. The fourth-order valence-electron chi connectivity index (χ4n) is 3.21. The summed E-state index contributed by atoms with van der Waals surface area (Å²) in [5, 5.41) is 3.06. The fraction of sp³-hybridized carbons (Fsp3) is 0.292. The van der Waals surface area contributed by atoms with Crippen LogP contribution in [-0.2, 0) is 22.6 Å². The van der Waals surface area contributed by atoms with Crippen molar-refractivity contribution in [2.24, 2.45) is 0 Å². The Hall–Kier alpha value is -3.61. The molecule has 1 atom stereocenters. The van der Waals surface area contributed by atoms with Crippen LogP contribution in [0.2, 0.25) is 0 Å². The van der Waals surface area contributed by atoms with Crippen LogP contribution < -0.4 is 15.7 Å². The number of fused-ring (bicyclic) bond motifs is 1. The van der Waals surface area contributed by atoms with Crippen LogP contribution in [0.25, 0.3) is 11.0 Å². The summed E-state index contributed by atoms with van der Waals surface area (Å²) in [7, 11) is 0. The van der Waals surface area contributed by atoms with Crippen molar-refractivity contribution in [2.45, 2.75) is 46.3 Å². The molecule has 1 amide bonds. The van der Waals surface area contributed by atoms with Crippen LogP contribution >= 0.6 is 0 Å². The van der Waals surface area contributed by atoms with Gasteiger partial charge >= 0.3 is 17.7 Å². The van der Waals surface area contributed by atoms with Crippen molar-refractivity contribution in [3.8, 4) is 5.75 Å². The van der Waals surface area contributed by atoms with Crippen LogP contribution in [0.5, 0.6) is 5.75 Å². The van der Waals surface area contributed by atoms with Gasteiger partial charge in [-0.1, -0.05) is 43.7 Å². The third-order valence-corrected chi connectivity index (χ3v) is 4.66. The first-order chi connectivity index (χ1) is 14.9. The first kappa shape index (κ1) is 22.1. The van der Waals surface area contributed by atoms with Crippen molar-refractivity contribution in [3.63, 3.8) is 0 Å². The van der Waals surface area contributed by atoms with Gasteiger partial charge in [0.05, 0.1) is 5.39 Å². The zero-order chi connectivity index (χ0) is 22.4. The van der Waals surface area contributed by atoms with Crippen LogP contribution in [-0.4, -0.2) is 18.1 Å². The molecule has 0 spiro atoms. The number of aryl methyl sites for hydroxylation is 2. The predicted octanol–water partition coefficient (Wildman–Crippen LogP) is 4.27. The molecular formula is C24H25NO6. The molecule has 0 saturated heterocycles. The Balaban J connectivity index is 1.73. The summed E-state index contributed by atoms with van der Waals surface area (Å²) >= 11 is 0. The number of hydrogen-bond acceptors (Lipinski definition) is 6. The lowest BCUT2D eigenvalue weighted by molar-refractivity contribution is -0.136. The first-order valence-electron chi connectivity index (χ1n) is 10.1. The number of nitrogens with one attached hydrogen (secondary N) is 1. The highest BCUT2D eigenvalue weighted by atomic mass is 16.6. The average Bonchev–Trinajstić information content (AvgIpc) is 2.72. The number of benzene rings is 2. The smallest absolute Gasteiger partial charge is 0.408 e. The molecule has 0 aliphatic heterocycles. The first-order valence-corrected chi connectivity index (χ1v) is 10.1. The summed E-state index contributed by atoms with van der Waals surface area (Å²) in [5.41, 5.74) is 2.27. The van der Waals surface area contributed by atoms with E-state index in [0.29, 0.717) is 23.1 Å². The number of carbonyl (C=O) groups excluding carboxylic acids is 2. The molecular weight excluding hydrogens is 398 g/mol. The highest BCUT2D eigenvalue weighted by Gasteiger charge is 2.21. The maximum Gasteiger partial charge on any atom is 0.408 e. The van der Waals surface area contributed by atoms with Crippen molar-refractivity contribution in [1.82, 2.24) is 5.32 Å². The second kappa shape index (κ2) is 9.93. The van der Waals surface area contributed by atoms with Crippen LogP contribution in [0.1, 0.15) is 37.0 Å². The Morgan fingerprint density at radius 2 is 1.87 bits per heavy atom. The maximum absolute atomic E-state index is 12.6. The van der Waals surface area contributed by atoms with Gasteiger partial charge < -0.3 is 19.2 Å². The Morgan fingerprint density at radius 1 is 1.13 bits per heavy atom. The van der Waals surface area contributed by atoms with Crippen molar-refractivity contribution < 1.29 is 23.5 Å². The highest BCUT2D eigenvalue weighted by molar-refractivity contribution is 5.91. The minimum Gasteiger partial charge on any atom is -0.445 e. The Kier molecular flexibility index (Phi) is 7.07. The summed E-state index contributed by atoms with van der Waals surface area (Å²) in [4.78, 5) is 36.5. The normalized spacial score (nSPS) is 11.7. The number of esters is 1. The molecule has 2 aromatic carbocycles. The minimum absolute atomic E-state index is 0.0936. The molecule has 0 bridgehead atoms. The highest BCUT2D eigenvalue weighted by Crippen LogP contribution is 2.31. The number of rotatable bonds is 7. The number of carbonyl (C=O) groups is 2. The topological polar surface area (TPSA) is 94.8 Å². The third-order valence-electron chi connectivity index (χ3n) is 4.66. The molecule has 7 heteroatoms. The molecule has 0 saturated carbocycles. The molecule has 7 nitrogen and oxygen atoms in total. The van der Waals surface area contributed by atoms with Gasteiger partial charge in [-0.15, -0.1) is 0 Å². The van der Waals surface area contributed by atoms with E-state index in [4.69, 9.17) is 13.9 Å². The zero-order valence-electron chi connectivity index (χ0n) is 17.8. The summed E-state index contributed by atoms with van der Waals surface area (Å²) in [6, 6.07) is 13.1. The van der Waals surface area contributed by atoms with Gasteiger partial charge in [-0.25, -0.2) is 14.4 Å². The lowest BCUT2D eigenvalue weighted by Crippen LogP contribution is -2.41. The Labute approximate surface area is 180 Å². The molecule has 0 aliphatic carbocycles. The Morgan fingerprint density at radius 3 is 2.58 bits per heavy atom. The van der Waals surface area contributed by atoms with Crippen LogP contribution in [0.15, 0.2) is 57.7 Å². The summed E-state index contributed by atoms with van der Waals surface area (Å²) < 4.78 is 16.0. The van der Waals surface area contributed by atoms with Crippen LogP contribution in [0, 0.1) is 6.92 Å². The van der Waals surface area contributed by atoms with Crippen LogP contribution in [0.3, 0.4) is 0 Å². The lowest BCUT2D eigenvalue weighted by Gasteiger charge is -2.16. The Bertz CT molecular complexity index is 1140. The largest absolute Gasteiger partial charge is 0.445 e. The summed E-state index contributed by atoms with van der Waals surface area (Å²) in [6.07, 6.45) is 0.723.